The molecule has 18 heavy (non-hydrogen) atoms. The van der Waals surface area contributed by atoms with Crippen LogP contribution in [0.3, 0.4) is 0 Å². The minimum Gasteiger partial charge on any atom is -0.318 e. The van der Waals surface area contributed by atoms with Crippen molar-refractivity contribution >= 4 is 5.78 Å². The second-order valence-electron chi connectivity index (χ2n) is 3.88. The van der Waals surface area contributed by atoms with Gasteiger partial charge >= 0.3 is 0 Å². The van der Waals surface area contributed by atoms with Crippen molar-refractivity contribution in [2.24, 2.45) is 5.73 Å². The van der Waals surface area contributed by atoms with Crippen LogP contribution in [0.2, 0.25) is 0 Å². The quantitative estimate of drug-likeness (QED) is 0.847. The number of benzene rings is 2. The Labute approximate surface area is 103 Å². The maximum atomic E-state index is 13.0. The van der Waals surface area contributed by atoms with Crippen molar-refractivity contribution in [1.29, 1.82) is 0 Å². The smallest absolute Gasteiger partial charge is 0.184 e. The van der Waals surface area contributed by atoms with Crippen LogP contribution in [0, 0.1) is 11.6 Å². The van der Waals surface area contributed by atoms with E-state index in [1.807, 2.05) is 0 Å². The van der Waals surface area contributed by atoms with Crippen molar-refractivity contribution in [3.8, 4) is 0 Å². The van der Waals surface area contributed by atoms with E-state index in [9.17, 15) is 13.6 Å². The largest absolute Gasteiger partial charge is 0.318 e. The molecular weight excluding hydrogens is 236 g/mol. The third-order valence-corrected chi connectivity index (χ3v) is 2.65. The van der Waals surface area contributed by atoms with Gasteiger partial charge in [-0.3, -0.25) is 4.79 Å². The first kappa shape index (κ1) is 12.4. The molecule has 0 aliphatic heterocycles. The normalized spacial score (nSPS) is 12.2. The standard InChI is InChI=1S/C14H11F2NO/c15-11-7-6-10(8-12(11)16)14(18)13(17)9-4-2-1-3-5-9/h1-8,13H,17H2. The summed E-state index contributed by atoms with van der Waals surface area (Å²) < 4.78 is 25.8. The summed E-state index contributed by atoms with van der Waals surface area (Å²) in [6, 6.07) is 10.9. The van der Waals surface area contributed by atoms with E-state index >= 15 is 0 Å². The molecule has 0 aromatic heterocycles. The Bertz CT molecular complexity index is 569. The molecule has 1 atom stereocenters. The first-order valence-electron chi connectivity index (χ1n) is 5.39. The topological polar surface area (TPSA) is 43.1 Å². The van der Waals surface area contributed by atoms with E-state index in [1.165, 1.54) is 6.07 Å². The Balaban J connectivity index is 2.29. The number of carbonyl (C=O) groups excluding carboxylic acids is 1. The number of ketones is 1. The lowest BCUT2D eigenvalue weighted by Gasteiger charge is -2.11. The molecule has 2 aromatic carbocycles. The molecule has 0 saturated heterocycles. The maximum Gasteiger partial charge on any atom is 0.184 e. The predicted molar refractivity (Wildman–Crippen MR) is 64.1 cm³/mol. The minimum atomic E-state index is -1.05. The Kier molecular flexibility index (Phi) is 3.48. The molecule has 0 fully saturated rings. The highest BCUT2D eigenvalue weighted by atomic mass is 19.2. The van der Waals surface area contributed by atoms with Gasteiger partial charge in [0.25, 0.3) is 0 Å². The summed E-state index contributed by atoms with van der Waals surface area (Å²) in [6.07, 6.45) is 0. The summed E-state index contributed by atoms with van der Waals surface area (Å²) in [5, 5.41) is 0. The van der Waals surface area contributed by atoms with E-state index in [4.69, 9.17) is 5.73 Å². The van der Waals surface area contributed by atoms with Crippen LogP contribution in [0.1, 0.15) is 22.0 Å². The monoisotopic (exact) mass is 247 g/mol. The second kappa shape index (κ2) is 5.06. The Morgan fingerprint density at radius 2 is 1.67 bits per heavy atom. The number of nitrogens with two attached hydrogens (primary N) is 1. The van der Waals surface area contributed by atoms with Crippen LogP contribution in [0.15, 0.2) is 48.5 Å². The van der Waals surface area contributed by atoms with Crippen LogP contribution in [-0.4, -0.2) is 5.78 Å². The van der Waals surface area contributed by atoms with E-state index in [0.717, 1.165) is 12.1 Å². The Hall–Kier alpha value is -2.07. The number of Topliss-reactive ketones (excluding diaryl/α,β-unsaturated/α-hetero) is 1. The summed E-state index contributed by atoms with van der Waals surface area (Å²) in [5.41, 5.74) is 6.49. The molecule has 1 unspecified atom stereocenters. The minimum absolute atomic E-state index is 0.0604. The summed E-state index contributed by atoms with van der Waals surface area (Å²) in [4.78, 5) is 12.0. The summed E-state index contributed by atoms with van der Waals surface area (Å²) in [5.74, 6) is -2.49. The molecule has 0 spiro atoms. The van der Waals surface area contributed by atoms with Gasteiger partial charge in [-0.1, -0.05) is 30.3 Å². The molecule has 0 heterocycles. The molecule has 0 amide bonds. The van der Waals surface area contributed by atoms with Crippen molar-refractivity contribution in [1.82, 2.24) is 0 Å². The van der Waals surface area contributed by atoms with Crippen molar-refractivity contribution in [2.75, 3.05) is 0 Å². The average molecular weight is 247 g/mol. The van der Waals surface area contributed by atoms with E-state index in [1.54, 1.807) is 30.3 Å². The fourth-order valence-corrected chi connectivity index (χ4v) is 1.64. The van der Waals surface area contributed by atoms with Crippen molar-refractivity contribution < 1.29 is 13.6 Å². The van der Waals surface area contributed by atoms with Crippen LogP contribution in [0.4, 0.5) is 8.78 Å². The zero-order chi connectivity index (χ0) is 13.1. The van der Waals surface area contributed by atoms with Crippen molar-refractivity contribution in [3.63, 3.8) is 0 Å². The molecule has 2 rings (SSSR count). The summed E-state index contributed by atoms with van der Waals surface area (Å²) >= 11 is 0. The van der Waals surface area contributed by atoms with Crippen LogP contribution < -0.4 is 5.73 Å². The van der Waals surface area contributed by atoms with Gasteiger partial charge in [0.1, 0.15) is 0 Å². The third kappa shape index (κ3) is 2.43. The molecule has 0 aliphatic rings. The number of rotatable bonds is 3. The molecule has 0 bridgehead atoms. The van der Waals surface area contributed by atoms with Crippen LogP contribution in [-0.2, 0) is 0 Å². The highest BCUT2D eigenvalue weighted by molar-refractivity contribution is 6.00. The molecule has 0 saturated carbocycles. The number of halogens is 2. The highest BCUT2D eigenvalue weighted by Crippen LogP contribution is 2.17. The van der Waals surface area contributed by atoms with Gasteiger partial charge in [0.2, 0.25) is 0 Å². The molecule has 0 aliphatic carbocycles. The van der Waals surface area contributed by atoms with Gasteiger partial charge in [0.15, 0.2) is 17.4 Å². The lowest BCUT2D eigenvalue weighted by atomic mass is 9.98. The summed E-state index contributed by atoms with van der Waals surface area (Å²) in [7, 11) is 0. The molecule has 2 N–H and O–H groups in total. The van der Waals surface area contributed by atoms with Gasteiger partial charge in [0, 0.05) is 5.56 Å². The SMILES string of the molecule is NC(C(=O)c1ccc(F)c(F)c1)c1ccccc1. The fraction of sp³-hybridized carbons (Fsp3) is 0.0714. The van der Waals surface area contributed by atoms with Crippen LogP contribution in [0.25, 0.3) is 0 Å². The van der Waals surface area contributed by atoms with E-state index in [0.29, 0.717) is 5.56 Å². The molecule has 2 nitrogen and oxygen atoms in total. The maximum absolute atomic E-state index is 13.0. The Morgan fingerprint density at radius 1 is 1.00 bits per heavy atom. The number of hydrogen-bond acceptors (Lipinski definition) is 2. The fourth-order valence-electron chi connectivity index (χ4n) is 1.64. The van der Waals surface area contributed by atoms with Crippen molar-refractivity contribution in [2.45, 2.75) is 6.04 Å². The van der Waals surface area contributed by atoms with E-state index in [2.05, 4.69) is 0 Å². The van der Waals surface area contributed by atoms with Gasteiger partial charge in [-0.15, -0.1) is 0 Å². The van der Waals surface area contributed by atoms with Gasteiger partial charge < -0.3 is 5.73 Å². The third-order valence-electron chi connectivity index (χ3n) is 2.65. The molecule has 4 heteroatoms. The predicted octanol–water partition coefficient (Wildman–Crippen LogP) is 2.85. The lowest BCUT2D eigenvalue weighted by molar-refractivity contribution is 0.0961. The second-order valence-corrected chi connectivity index (χ2v) is 3.88. The highest BCUT2D eigenvalue weighted by Gasteiger charge is 2.18. The zero-order valence-electron chi connectivity index (χ0n) is 9.44. The van der Waals surface area contributed by atoms with Gasteiger partial charge in [-0.05, 0) is 23.8 Å². The lowest BCUT2D eigenvalue weighted by Crippen LogP contribution is -2.21. The molecular formula is C14H11F2NO. The van der Waals surface area contributed by atoms with Gasteiger partial charge in [-0.2, -0.15) is 0 Å². The first-order valence-corrected chi connectivity index (χ1v) is 5.39. The number of carbonyl (C=O) groups is 1. The zero-order valence-corrected chi connectivity index (χ0v) is 9.44. The van der Waals surface area contributed by atoms with Crippen molar-refractivity contribution in [3.05, 3.63) is 71.3 Å². The number of hydrogen-bond donors (Lipinski definition) is 1. The van der Waals surface area contributed by atoms with Crippen LogP contribution in [0.5, 0.6) is 0 Å². The van der Waals surface area contributed by atoms with E-state index < -0.39 is 23.5 Å². The molecule has 0 radical (unpaired) electrons. The first-order chi connectivity index (χ1) is 8.59. The Morgan fingerprint density at radius 3 is 2.28 bits per heavy atom. The van der Waals surface area contributed by atoms with Gasteiger partial charge in [-0.25, -0.2) is 8.78 Å². The average Bonchev–Trinajstić information content (AvgIpc) is 2.41. The van der Waals surface area contributed by atoms with E-state index in [-0.39, 0.29) is 5.56 Å². The molecule has 92 valence electrons. The summed E-state index contributed by atoms with van der Waals surface area (Å²) in [6.45, 7) is 0. The van der Waals surface area contributed by atoms with Gasteiger partial charge in [0.05, 0.1) is 6.04 Å². The van der Waals surface area contributed by atoms with Crippen LogP contribution >= 0.6 is 0 Å². The molecule has 2 aromatic rings.